The van der Waals surface area contributed by atoms with Crippen molar-refractivity contribution in [1.82, 2.24) is 0 Å². The van der Waals surface area contributed by atoms with E-state index in [4.69, 9.17) is 0 Å². The number of unbranched alkanes of at least 4 members (excludes halogenated alkanes) is 1. The van der Waals surface area contributed by atoms with Crippen molar-refractivity contribution in [3.63, 3.8) is 0 Å². The first-order chi connectivity index (χ1) is 16.0. The van der Waals surface area contributed by atoms with Crippen molar-refractivity contribution >= 4 is 17.4 Å². The van der Waals surface area contributed by atoms with Gasteiger partial charge < -0.3 is 10.0 Å². The number of rotatable bonds is 5. The number of benzene rings is 2. The van der Waals surface area contributed by atoms with E-state index in [-0.39, 0.29) is 5.56 Å². The number of thioether (sulfide) groups is 1. The van der Waals surface area contributed by atoms with Gasteiger partial charge >= 0.3 is 12.4 Å². The maximum Gasteiger partial charge on any atom is 0.430 e. The molecule has 0 bridgehead atoms. The maximum atomic E-state index is 13.4. The molecule has 1 saturated heterocycles. The third-order valence-corrected chi connectivity index (χ3v) is 7.01. The molecule has 9 heteroatoms. The van der Waals surface area contributed by atoms with Crippen molar-refractivity contribution in [2.45, 2.75) is 60.7 Å². The predicted molar refractivity (Wildman–Crippen MR) is 122 cm³/mol. The predicted octanol–water partition coefficient (Wildman–Crippen LogP) is 6.91. The summed E-state index contributed by atoms with van der Waals surface area (Å²) < 4.78 is 80.3. The molecule has 2 aromatic carbocycles. The average Bonchev–Trinajstić information content (AvgIpc) is 2.78. The maximum absolute atomic E-state index is 13.4. The van der Waals surface area contributed by atoms with Gasteiger partial charge in [-0.05, 0) is 43.5 Å². The van der Waals surface area contributed by atoms with Gasteiger partial charge in [0.05, 0.1) is 5.69 Å². The fraction of sp³-hybridized carbons (Fsp3) is 0.440. The standard InChI is InChI=1S/C25H25F6NOS/c1-2-3-5-8-18-17-19(23(33,24(26,27)28)25(29,30)31)11-12-22(18)32-15-13-21(14-16-32)34-20-9-6-4-7-10-20/h4,6-7,9-12,17,21,33H,2-3,13-16H2,1H3. The number of piperidine rings is 1. The van der Waals surface area contributed by atoms with Gasteiger partial charge in [0.15, 0.2) is 0 Å². The zero-order valence-corrected chi connectivity index (χ0v) is 19.3. The second kappa shape index (κ2) is 10.5. The van der Waals surface area contributed by atoms with Crippen LogP contribution in [0.3, 0.4) is 0 Å². The van der Waals surface area contributed by atoms with Crippen LogP contribution in [0.4, 0.5) is 32.0 Å². The Bertz CT molecular complexity index is 1000. The molecule has 1 heterocycles. The zero-order valence-electron chi connectivity index (χ0n) is 18.5. The summed E-state index contributed by atoms with van der Waals surface area (Å²) in [7, 11) is 0. The Hall–Kier alpha value is -2.31. The smallest absolute Gasteiger partial charge is 0.370 e. The number of nitrogens with zero attached hydrogens (tertiary/aromatic N) is 1. The quantitative estimate of drug-likeness (QED) is 0.356. The minimum Gasteiger partial charge on any atom is -0.370 e. The molecule has 184 valence electrons. The van der Waals surface area contributed by atoms with Crippen LogP contribution in [0, 0.1) is 11.8 Å². The fourth-order valence-electron chi connectivity index (χ4n) is 3.81. The third kappa shape index (κ3) is 5.66. The molecule has 0 unspecified atom stereocenters. The Kier molecular flexibility index (Phi) is 8.14. The van der Waals surface area contributed by atoms with Crippen molar-refractivity contribution in [2.75, 3.05) is 18.0 Å². The molecule has 0 atom stereocenters. The molecule has 1 fully saturated rings. The molecular weight excluding hydrogens is 476 g/mol. The normalized spacial score (nSPS) is 15.7. The number of hydrogen-bond acceptors (Lipinski definition) is 3. The molecule has 1 N–H and O–H groups in total. The van der Waals surface area contributed by atoms with Gasteiger partial charge in [-0.2, -0.15) is 26.3 Å². The number of anilines is 1. The van der Waals surface area contributed by atoms with Crippen LogP contribution >= 0.6 is 11.8 Å². The van der Waals surface area contributed by atoms with Crippen molar-refractivity contribution < 1.29 is 31.4 Å². The molecule has 0 saturated carbocycles. The van der Waals surface area contributed by atoms with Gasteiger partial charge in [-0.1, -0.05) is 43.0 Å². The summed E-state index contributed by atoms with van der Waals surface area (Å²) in [4.78, 5) is 3.08. The van der Waals surface area contributed by atoms with Crippen LogP contribution in [0.2, 0.25) is 0 Å². The molecule has 1 aliphatic heterocycles. The Balaban J connectivity index is 1.89. The van der Waals surface area contributed by atoms with Crippen LogP contribution in [0.15, 0.2) is 53.4 Å². The highest BCUT2D eigenvalue weighted by molar-refractivity contribution is 8.00. The van der Waals surface area contributed by atoms with E-state index in [9.17, 15) is 31.4 Å². The lowest BCUT2D eigenvalue weighted by Crippen LogP contribution is -2.54. The summed E-state index contributed by atoms with van der Waals surface area (Å²) in [5, 5.41) is 10.2. The fourth-order valence-corrected chi connectivity index (χ4v) is 4.96. The van der Waals surface area contributed by atoms with Gasteiger partial charge in [-0.15, -0.1) is 11.8 Å². The lowest BCUT2D eigenvalue weighted by molar-refractivity contribution is -0.376. The summed E-state index contributed by atoms with van der Waals surface area (Å²) in [6.45, 7) is 3.05. The second-order valence-corrected chi connectivity index (χ2v) is 9.48. The van der Waals surface area contributed by atoms with E-state index in [1.165, 1.54) is 6.07 Å². The van der Waals surface area contributed by atoms with E-state index in [2.05, 4.69) is 11.8 Å². The first kappa shape index (κ1) is 26.3. The van der Waals surface area contributed by atoms with E-state index in [1.54, 1.807) is 11.8 Å². The molecule has 34 heavy (non-hydrogen) atoms. The number of aliphatic hydroxyl groups is 1. The van der Waals surface area contributed by atoms with Crippen molar-refractivity contribution in [1.29, 1.82) is 0 Å². The molecule has 0 radical (unpaired) electrons. The number of hydrogen-bond donors (Lipinski definition) is 1. The van der Waals surface area contributed by atoms with E-state index >= 15 is 0 Å². The van der Waals surface area contributed by atoms with Crippen LogP contribution in [0.5, 0.6) is 0 Å². The summed E-state index contributed by atoms with van der Waals surface area (Å²) in [6, 6.07) is 12.6. The Morgan fingerprint density at radius 3 is 2.15 bits per heavy atom. The van der Waals surface area contributed by atoms with E-state index < -0.39 is 23.5 Å². The van der Waals surface area contributed by atoms with Gasteiger partial charge in [0.25, 0.3) is 5.60 Å². The SMILES string of the molecule is CCCC#Cc1cc(C(O)(C(F)(F)F)C(F)(F)F)ccc1N1CCC(Sc2ccccc2)CC1. The summed E-state index contributed by atoms with van der Waals surface area (Å²) >= 11 is 1.76. The Labute approximate surface area is 199 Å². The largest absolute Gasteiger partial charge is 0.430 e. The van der Waals surface area contributed by atoms with E-state index in [0.717, 1.165) is 23.8 Å². The number of halogens is 6. The zero-order chi connectivity index (χ0) is 25.0. The third-order valence-electron chi connectivity index (χ3n) is 5.66. The molecule has 2 aromatic rings. The molecule has 3 rings (SSSR count). The lowest BCUT2D eigenvalue weighted by atomic mass is 9.90. The molecule has 0 aromatic heterocycles. The summed E-state index contributed by atoms with van der Waals surface area (Å²) in [5.74, 6) is 5.54. The Morgan fingerprint density at radius 1 is 0.971 bits per heavy atom. The second-order valence-electron chi connectivity index (χ2n) is 8.11. The van der Waals surface area contributed by atoms with Crippen molar-refractivity contribution in [3.05, 3.63) is 59.7 Å². The lowest BCUT2D eigenvalue weighted by Gasteiger charge is -2.36. The first-order valence-corrected chi connectivity index (χ1v) is 11.8. The molecule has 2 nitrogen and oxygen atoms in total. The van der Waals surface area contributed by atoms with Crippen molar-refractivity contribution in [3.8, 4) is 11.8 Å². The summed E-state index contributed by atoms with van der Waals surface area (Å²) in [6.07, 6.45) is -9.13. The minimum atomic E-state index is -5.94. The van der Waals surface area contributed by atoms with Gasteiger partial charge in [0.1, 0.15) is 0 Å². The molecule has 0 aliphatic carbocycles. The van der Waals surface area contributed by atoms with E-state index in [1.807, 2.05) is 42.2 Å². The summed E-state index contributed by atoms with van der Waals surface area (Å²) in [5.41, 5.74) is -5.74. The van der Waals surface area contributed by atoms with Crippen LogP contribution in [0.1, 0.15) is 43.7 Å². The monoisotopic (exact) mass is 501 g/mol. The van der Waals surface area contributed by atoms with Crippen molar-refractivity contribution in [2.24, 2.45) is 0 Å². The van der Waals surface area contributed by atoms with Crippen LogP contribution in [-0.2, 0) is 5.60 Å². The highest BCUT2D eigenvalue weighted by atomic mass is 32.2. The van der Waals surface area contributed by atoms with Crippen LogP contribution in [0.25, 0.3) is 0 Å². The average molecular weight is 502 g/mol. The molecular formula is C25H25F6NOS. The molecule has 0 amide bonds. The van der Waals surface area contributed by atoms with Gasteiger partial charge in [0, 0.05) is 40.8 Å². The van der Waals surface area contributed by atoms with Gasteiger partial charge in [-0.25, -0.2) is 0 Å². The Morgan fingerprint density at radius 2 is 1.59 bits per heavy atom. The highest BCUT2D eigenvalue weighted by Gasteiger charge is 2.71. The molecule has 1 aliphatic rings. The van der Waals surface area contributed by atoms with E-state index in [0.29, 0.717) is 42.9 Å². The highest BCUT2D eigenvalue weighted by Crippen LogP contribution is 2.50. The number of alkyl halides is 6. The topological polar surface area (TPSA) is 23.5 Å². The van der Waals surface area contributed by atoms with Crippen LogP contribution in [-0.4, -0.2) is 35.8 Å². The van der Waals surface area contributed by atoms with Crippen LogP contribution < -0.4 is 4.90 Å². The minimum absolute atomic E-state index is 0.0482. The van der Waals surface area contributed by atoms with Gasteiger partial charge in [0.2, 0.25) is 0 Å². The first-order valence-electron chi connectivity index (χ1n) is 10.9. The molecule has 0 spiro atoms. The van der Waals surface area contributed by atoms with Gasteiger partial charge in [-0.3, -0.25) is 0 Å².